The van der Waals surface area contributed by atoms with Crippen LogP contribution in [0.15, 0.2) is 41.2 Å². The van der Waals surface area contributed by atoms with Crippen molar-refractivity contribution in [3.63, 3.8) is 0 Å². The van der Waals surface area contributed by atoms with Gasteiger partial charge in [-0.1, -0.05) is 23.4 Å². The molecular weight excluding hydrogens is 244 g/mol. The number of hydrogen-bond acceptors (Lipinski definition) is 5. The van der Waals surface area contributed by atoms with Crippen molar-refractivity contribution >= 4 is 11.6 Å². The largest absolute Gasteiger partial charge is 0.343 e. The van der Waals surface area contributed by atoms with Gasteiger partial charge >= 0.3 is 0 Å². The van der Waals surface area contributed by atoms with Crippen LogP contribution in [0.1, 0.15) is 12.7 Å². The van der Waals surface area contributed by atoms with Crippen molar-refractivity contribution in [3.8, 4) is 0 Å². The molecule has 0 aliphatic carbocycles. The summed E-state index contributed by atoms with van der Waals surface area (Å²) in [5.41, 5.74) is 0.791. The molecule has 1 aromatic carbocycles. The summed E-state index contributed by atoms with van der Waals surface area (Å²) in [6.45, 7) is 2.43. The maximum absolute atomic E-state index is 11.9. The minimum absolute atomic E-state index is 0.0701. The van der Waals surface area contributed by atoms with Gasteiger partial charge in [0.2, 0.25) is 12.3 Å². The zero-order valence-electron chi connectivity index (χ0n) is 10.7. The molecule has 0 aliphatic rings. The van der Waals surface area contributed by atoms with Crippen LogP contribution in [0, 0.1) is 0 Å². The lowest BCUT2D eigenvalue weighted by atomic mass is 10.2. The van der Waals surface area contributed by atoms with Gasteiger partial charge in [-0.2, -0.15) is 4.98 Å². The molecule has 2 rings (SSSR count). The minimum Gasteiger partial charge on any atom is -0.343 e. The van der Waals surface area contributed by atoms with Gasteiger partial charge in [0, 0.05) is 18.7 Å². The molecule has 0 saturated heterocycles. The monoisotopic (exact) mass is 260 g/mol. The number of carbonyl (C=O) groups excluding carboxylic acids is 1. The summed E-state index contributed by atoms with van der Waals surface area (Å²) < 4.78 is 4.63. The van der Waals surface area contributed by atoms with Gasteiger partial charge in [0.1, 0.15) is 0 Å². The van der Waals surface area contributed by atoms with Crippen molar-refractivity contribution in [2.75, 3.05) is 11.9 Å². The van der Waals surface area contributed by atoms with E-state index in [9.17, 15) is 4.79 Å². The third-order valence-electron chi connectivity index (χ3n) is 2.64. The van der Waals surface area contributed by atoms with Crippen LogP contribution in [0.3, 0.4) is 0 Å². The van der Waals surface area contributed by atoms with Crippen molar-refractivity contribution in [1.82, 2.24) is 15.5 Å². The van der Waals surface area contributed by atoms with E-state index in [1.165, 1.54) is 6.39 Å². The third-order valence-corrected chi connectivity index (χ3v) is 2.64. The molecule has 1 amide bonds. The topological polar surface area (TPSA) is 80.1 Å². The van der Waals surface area contributed by atoms with Gasteiger partial charge in [-0.3, -0.25) is 4.79 Å². The number of benzene rings is 1. The van der Waals surface area contributed by atoms with E-state index in [2.05, 4.69) is 25.3 Å². The van der Waals surface area contributed by atoms with Crippen molar-refractivity contribution in [2.24, 2.45) is 0 Å². The number of hydrogen-bond donors (Lipinski definition) is 2. The molecule has 0 radical (unpaired) electrons. The first-order valence-corrected chi connectivity index (χ1v) is 6.10. The molecule has 0 fully saturated rings. The van der Waals surface area contributed by atoms with Crippen LogP contribution < -0.4 is 10.6 Å². The van der Waals surface area contributed by atoms with Crippen molar-refractivity contribution in [1.29, 1.82) is 0 Å². The first kappa shape index (κ1) is 13.2. The molecule has 100 valence electrons. The molecule has 1 atom stereocenters. The van der Waals surface area contributed by atoms with E-state index in [1.807, 2.05) is 37.3 Å². The molecular formula is C13H16N4O2. The van der Waals surface area contributed by atoms with Crippen LogP contribution in [0.2, 0.25) is 0 Å². The molecule has 0 bridgehead atoms. The summed E-state index contributed by atoms with van der Waals surface area (Å²) in [7, 11) is 0. The molecule has 0 aliphatic heterocycles. The zero-order chi connectivity index (χ0) is 13.5. The summed E-state index contributed by atoms with van der Waals surface area (Å²) in [5, 5.41) is 9.64. The van der Waals surface area contributed by atoms with Crippen LogP contribution in [0.5, 0.6) is 0 Å². The molecule has 1 aromatic heterocycles. The van der Waals surface area contributed by atoms with Crippen molar-refractivity contribution < 1.29 is 9.32 Å². The first-order valence-electron chi connectivity index (χ1n) is 6.10. The summed E-state index contributed by atoms with van der Waals surface area (Å²) in [5.74, 6) is 0.558. The van der Waals surface area contributed by atoms with Crippen LogP contribution >= 0.6 is 0 Å². The van der Waals surface area contributed by atoms with E-state index < -0.39 is 0 Å². The lowest BCUT2D eigenvalue weighted by molar-refractivity contribution is -0.117. The van der Waals surface area contributed by atoms with Gasteiger partial charge < -0.3 is 15.2 Å². The lowest BCUT2D eigenvalue weighted by Gasteiger charge is -2.13. The second kappa shape index (κ2) is 6.65. The molecule has 2 N–H and O–H groups in total. The molecule has 0 spiro atoms. The average molecular weight is 260 g/mol. The van der Waals surface area contributed by atoms with E-state index in [-0.39, 0.29) is 11.9 Å². The number of rotatable bonds is 6. The second-order valence-corrected chi connectivity index (χ2v) is 4.13. The Balaban J connectivity index is 1.73. The quantitative estimate of drug-likeness (QED) is 0.816. The number of nitrogens with one attached hydrogen (secondary N) is 2. The van der Waals surface area contributed by atoms with Crippen molar-refractivity contribution in [3.05, 3.63) is 42.5 Å². The summed E-state index contributed by atoms with van der Waals surface area (Å²) in [6, 6.07) is 9.08. The van der Waals surface area contributed by atoms with E-state index in [1.54, 1.807) is 0 Å². The van der Waals surface area contributed by atoms with Crippen LogP contribution in [-0.2, 0) is 11.2 Å². The molecule has 1 heterocycles. The van der Waals surface area contributed by atoms with E-state index >= 15 is 0 Å². The average Bonchev–Trinajstić information content (AvgIpc) is 2.93. The van der Waals surface area contributed by atoms with E-state index in [0.717, 1.165) is 5.69 Å². The fraction of sp³-hybridized carbons (Fsp3) is 0.308. The Kier molecular flexibility index (Phi) is 4.63. The van der Waals surface area contributed by atoms with Crippen molar-refractivity contribution in [2.45, 2.75) is 19.4 Å². The Hall–Kier alpha value is -2.21. The fourth-order valence-electron chi connectivity index (χ4n) is 1.57. The fourth-order valence-corrected chi connectivity index (χ4v) is 1.57. The number of aromatic nitrogens is 2. The van der Waals surface area contributed by atoms with E-state index in [0.29, 0.717) is 18.8 Å². The number of anilines is 1. The second-order valence-electron chi connectivity index (χ2n) is 4.13. The van der Waals surface area contributed by atoms with Gasteiger partial charge in [-0.15, -0.1) is 0 Å². The number of amides is 1. The van der Waals surface area contributed by atoms with Gasteiger partial charge in [0.05, 0.1) is 6.04 Å². The highest BCUT2D eigenvalue weighted by Crippen LogP contribution is 2.05. The van der Waals surface area contributed by atoms with Crippen LogP contribution in [0.4, 0.5) is 5.69 Å². The highest BCUT2D eigenvalue weighted by Gasteiger charge is 2.12. The molecule has 6 heteroatoms. The molecule has 0 saturated carbocycles. The van der Waals surface area contributed by atoms with Crippen LogP contribution in [0.25, 0.3) is 0 Å². The minimum atomic E-state index is -0.285. The Bertz CT molecular complexity index is 499. The Morgan fingerprint density at radius 2 is 2.16 bits per heavy atom. The Morgan fingerprint density at radius 3 is 2.84 bits per heavy atom. The predicted octanol–water partition coefficient (Wildman–Crippen LogP) is 1.23. The normalized spacial score (nSPS) is 12.1. The van der Waals surface area contributed by atoms with Gasteiger partial charge in [0.15, 0.2) is 5.82 Å². The highest BCUT2D eigenvalue weighted by atomic mass is 16.5. The molecule has 1 unspecified atom stereocenters. The van der Waals surface area contributed by atoms with Gasteiger partial charge in [0.25, 0.3) is 0 Å². The summed E-state index contributed by atoms with van der Waals surface area (Å²) in [4.78, 5) is 15.8. The Labute approximate surface area is 111 Å². The van der Waals surface area contributed by atoms with Crippen LogP contribution in [-0.4, -0.2) is 28.6 Å². The smallest absolute Gasteiger partial charge is 0.241 e. The van der Waals surface area contributed by atoms with Gasteiger partial charge in [-0.05, 0) is 19.1 Å². The maximum Gasteiger partial charge on any atom is 0.241 e. The highest BCUT2D eigenvalue weighted by molar-refractivity contribution is 5.94. The lowest BCUT2D eigenvalue weighted by Crippen LogP contribution is -2.39. The number of para-hydroxylation sites is 1. The molecule has 6 nitrogen and oxygen atoms in total. The SMILES string of the molecule is CC(NCCc1ncon1)C(=O)Nc1ccccc1. The summed E-state index contributed by atoms with van der Waals surface area (Å²) >= 11 is 0. The third kappa shape index (κ3) is 4.18. The predicted molar refractivity (Wildman–Crippen MR) is 70.5 cm³/mol. The Morgan fingerprint density at radius 1 is 1.37 bits per heavy atom. The number of nitrogens with zero attached hydrogens (tertiary/aromatic N) is 2. The standard InChI is InChI=1S/C13H16N4O2/c1-10(14-8-7-12-15-9-19-17-12)13(18)16-11-5-3-2-4-6-11/h2-6,9-10,14H,7-8H2,1H3,(H,16,18). The molecule has 2 aromatic rings. The first-order chi connectivity index (χ1) is 9.25. The summed E-state index contributed by atoms with van der Waals surface area (Å²) in [6.07, 6.45) is 1.92. The van der Waals surface area contributed by atoms with E-state index in [4.69, 9.17) is 0 Å². The zero-order valence-corrected chi connectivity index (χ0v) is 10.7. The number of carbonyl (C=O) groups is 1. The molecule has 19 heavy (non-hydrogen) atoms. The van der Waals surface area contributed by atoms with Gasteiger partial charge in [-0.25, -0.2) is 0 Å². The maximum atomic E-state index is 11.9.